The van der Waals surface area contributed by atoms with E-state index in [0.29, 0.717) is 12.3 Å². The fourth-order valence-corrected chi connectivity index (χ4v) is 3.00. The summed E-state index contributed by atoms with van der Waals surface area (Å²) in [5.74, 6) is 0.967. The van der Waals surface area contributed by atoms with Crippen molar-refractivity contribution in [1.82, 2.24) is 4.98 Å². The summed E-state index contributed by atoms with van der Waals surface area (Å²) < 4.78 is 5.24. The number of pyridine rings is 1. The van der Waals surface area contributed by atoms with Crippen LogP contribution in [0.25, 0.3) is 0 Å². The summed E-state index contributed by atoms with van der Waals surface area (Å²) >= 11 is 0. The van der Waals surface area contributed by atoms with Crippen molar-refractivity contribution in [2.75, 3.05) is 23.4 Å². The number of anilines is 2. The first-order valence-electron chi connectivity index (χ1n) is 7.72. The average molecular weight is 320 g/mol. The Morgan fingerprint density at radius 3 is 2.83 bits per heavy atom. The summed E-state index contributed by atoms with van der Waals surface area (Å²) in [4.78, 5) is 28.4. The summed E-state index contributed by atoms with van der Waals surface area (Å²) in [7, 11) is 0. The standard InChI is InChI=1S/C15H20N4O4/c16-10-3-1-9(2-4-10)7-19(15(21)22)12-6-5-11-14(17-12)18-13(20)8-23-11/h5-6,9-10H,1-4,7-8,16H2,(H,21,22)(H,17,18,20). The molecule has 1 aliphatic heterocycles. The Kier molecular flexibility index (Phi) is 4.33. The Labute approximate surface area is 133 Å². The Balaban J connectivity index is 1.77. The number of hydrogen-bond acceptors (Lipinski definition) is 5. The number of ether oxygens (including phenoxy) is 1. The van der Waals surface area contributed by atoms with Crippen LogP contribution in [0.5, 0.6) is 5.75 Å². The second kappa shape index (κ2) is 6.41. The quantitative estimate of drug-likeness (QED) is 0.775. The summed E-state index contributed by atoms with van der Waals surface area (Å²) in [6, 6.07) is 3.45. The fourth-order valence-electron chi connectivity index (χ4n) is 3.00. The lowest BCUT2D eigenvalue weighted by molar-refractivity contribution is -0.118. The van der Waals surface area contributed by atoms with Crippen LogP contribution in [0.2, 0.25) is 0 Å². The van der Waals surface area contributed by atoms with E-state index in [4.69, 9.17) is 10.5 Å². The highest BCUT2D eigenvalue weighted by Crippen LogP contribution is 2.30. The van der Waals surface area contributed by atoms with Gasteiger partial charge in [-0.1, -0.05) is 0 Å². The van der Waals surface area contributed by atoms with Crippen molar-refractivity contribution >= 4 is 23.6 Å². The highest BCUT2D eigenvalue weighted by atomic mass is 16.5. The zero-order valence-corrected chi connectivity index (χ0v) is 12.7. The molecule has 1 aromatic heterocycles. The molecule has 8 heteroatoms. The van der Waals surface area contributed by atoms with Crippen molar-refractivity contribution in [3.05, 3.63) is 12.1 Å². The number of nitrogens with one attached hydrogen (secondary N) is 1. The van der Waals surface area contributed by atoms with E-state index in [0.717, 1.165) is 25.7 Å². The predicted octanol–water partition coefficient (Wildman–Crippen LogP) is 1.41. The third kappa shape index (κ3) is 3.53. The largest absolute Gasteiger partial charge is 0.480 e. The van der Waals surface area contributed by atoms with E-state index in [1.807, 2.05) is 0 Å². The SMILES string of the molecule is NC1CCC(CN(C(=O)O)c2ccc3c(n2)NC(=O)CO3)CC1. The van der Waals surface area contributed by atoms with E-state index in [2.05, 4.69) is 10.3 Å². The lowest BCUT2D eigenvalue weighted by Gasteiger charge is -2.30. The summed E-state index contributed by atoms with van der Waals surface area (Å²) in [5.41, 5.74) is 5.89. The molecule has 0 saturated heterocycles. The van der Waals surface area contributed by atoms with Crippen molar-refractivity contribution < 1.29 is 19.4 Å². The van der Waals surface area contributed by atoms with E-state index in [1.165, 1.54) is 4.90 Å². The normalized spacial score (nSPS) is 23.4. The van der Waals surface area contributed by atoms with E-state index >= 15 is 0 Å². The van der Waals surface area contributed by atoms with Crippen LogP contribution in [-0.4, -0.2) is 41.3 Å². The molecule has 23 heavy (non-hydrogen) atoms. The van der Waals surface area contributed by atoms with Crippen molar-refractivity contribution in [1.29, 1.82) is 0 Å². The molecule has 1 saturated carbocycles. The maximum atomic E-state index is 11.6. The maximum absolute atomic E-state index is 11.6. The first-order valence-corrected chi connectivity index (χ1v) is 7.72. The lowest BCUT2D eigenvalue weighted by atomic mass is 9.86. The molecule has 0 spiro atoms. The lowest BCUT2D eigenvalue weighted by Crippen LogP contribution is -2.38. The Morgan fingerprint density at radius 1 is 1.39 bits per heavy atom. The zero-order valence-electron chi connectivity index (χ0n) is 12.7. The number of fused-ring (bicyclic) bond motifs is 1. The number of carbonyl (C=O) groups is 2. The third-order valence-corrected chi connectivity index (χ3v) is 4.30. The van der Waals surface area contributed by atoms with Gasteiger partial charge in [0.15, 0.2) is 18.2 Å². The minimum absolute atomic E-state index is 0.0565. The highest BCUT2D eigenvalue weighted by Gasteiger charge is 2.26. The smallest absolute Gasteiger partial charge is 0.413 e. The molecule has 3 rings (SSSR count). The van der Waals surface area contributed by atoms with Gasteiger partial charge in [0.25, 0.3) is 5.91 Å². The Morgan fingerprint density at radius 2 is 2.13 bits per heavy atom. The molecule has 2 heterocycles. The Bertz CT molecular complexity index is 613. The van der Waals surface area contributed by atoms with Gasteiger partial charge in [0.2, 0.25) is 0 Å². The second-order valence-electron chi connectivity index (χ2n) is 6.03. The molecule has 8 nitrogen and oxygen atoms in total. The van der Waals surface area contributed by atoms with Crippen LogP contribution in [0, 0.1) is 5.92 Å². The minimum atomic E-state index is -1.06. The first-order chi connectivity index (χ1) is 11.0. The van der Waals surface area contributed by atoms with Gasteiger partial charge in [-0.3, -0.25) is 9.69 Å². The number of aromatic nitrogens is 1. The maximum Gasteiger partial charge on any atom is 0.413 e. The molecular formula is C15H20N4O4. The topological polar surface area (TPSA) is 118 Å². The van der Waals surface area contributed by atoms with Crippen LogP contribution >= 0.6 is 0 Å². The number of hydrogen-bond donors (Lipinski definition) is 3. The van der Waals surface area contributed by atoms with E-state index < -0.39 is 6.09 Å². The van der Waals surface area contributed by atoms with Crippen LogP contribution < -0.4 is 20.7 Å². The van der Waals surface area contributed by atoms with Crippen LogP contribution in [0.4, 0.5) is 16.4 Å². The van der Waals surface area contributed by atoms with Crippen molar-refractivity contribution in [3.63, 3.8) is 0 Å². The molecule has 4 N–H and O–H groups in total. The van der Waals surface area contributed by atoms with Gasteiger partial charge >= 0.3 is 6.09 Å². The van der Waals surface area contributed by atoms with Crippen molar-refractivity contribution in [2.24, 2.45) is 11.7 Å². The van der Waals surface area contributed by atoms with Gasteiger partial charge in [-0.25, -0.2) is 9.78 Å². The third-order valence-electron chi connectivity index (χ3n) is 4.30. The number of rotatable bonds is 3. The molecule has 0 atom stereocenters. The molecule has 0 aromatic carbocycles. The molecule has 0 unspecified atom stereocenters. The summed E-state index contributed by atoms with van der Waals surface area (Å²) in [5, 5.41) is 12.1. The van der Waals surface area contributed by atoms with Crippen LogP contribution in [0.1, 0.15) is 25.7 Å². The number of carboxylic acid groups (broad SMARTS) is 1. The molecule has 2 aliphatic rings. The van der Waals surface area contributed by atoms with Gasteiger partial charge in [-0.15, -0.1) is 0 Å². The molecule has 0 radical (unpaired) electrons. The summed E-state index contributed by atoms with van der Waals surface area (Å²) in [6.45, 7) is 0.321. The van der Waals surface area contributed by atoms with E-state index in [9.17, 15) is 14.7 Å². The highest BCUT2D eigenvalue weighted by molar-refractivity contribution is 5.95. The van der Waals surface area contributed by atoms with Gasteiger partial charge in [-0.2, -0.15) is 0 Å². The first kappa shape index (κ1) is 15.5. The second-order valence-corrected chi connectivity index (χ2v) is 6.03. The number of nitrogens with zero attached hydrogens (tertiary/aromatic N) is 2. The number of nitrogens with two attached hydrogens (primary N) is 1. The summed E-state index contributed by atoms with van der Waals surface area (Å²) in [6.07, 6.45) is 2.60. The van der Waals surface area contributed by atoms with Crippen LogP contribution in [0.15, 0.2) is 12.1 Å². The van der Waals surface area contributed by atoms with Crippen molar-refractivity contribution in [3.8, 4) is 5.75 Å². The zero-order chi connectivity index (χ0) is 16.4. The minimum Gasteiger partial charge on any atom is -0.480 e. The number of amides is 2. The van der Waals surface area contributed by atoms with Gasteiger partial charge in [0.05, 0.1) is 0 Å². The Hall–Kier alpha value is -2.35. The molecular weight excluding hydrogens is 300 g/mol. The molecule has 124 valence electrons. The molecule has 2 amide bonds. The molecule has 1 aliphatic carbocycles. The van der Waals surface area contributed by atoms with E-state index in [-0.39, 0.29) is 36.1 Å². The average Bonchev–Trinajstić information content (AvgIpc) is 2.53. The molecule has 0 bridgehead atoms. The van der Waals surface area contributed by atoms with Gasteiger partial charge < -0.3 is 20.9 Å². The number of carbonyl (C=O) groups excluding carboxylic acids is 1. The van der Waals surface area contributed by atoms with E-state index in [1.54, 1.807) is 12.1 Å². The molecule has 1 fully saturated rings. The van der Waals surface area contributed by atoms with Crippen LogP contribution in [0.3, 0.4) is 0 Å². The van der Waals surface area contributed by atoms with Crippen molar-refractivity contribution in [2.45, 2.75) is 31.7 Å². The van der Waals surface area contributed by atoms with Gasteiger partial charge in [-0.05, 0) is 43.7 Å². The fraction of sp³-hybridized carbons (Fsp3) is 0.533. The molecule has 1 aromatic rings. The van der Waals surface area contributed by atoms with Gasteiger partial charge in [0, 0.05) is 12.6 Å². The van der Waals surface area contributed by atoms with Gasteiger partial charge in [0.1, 0.15) is 5.82 Å². The monoisotopic (exact) mass is 320 g/mol. The predicted molar refractivity (Wildman–Crippen MR) is 83.7 cm³/mol. The van der Waals surface area contributed by atoms with Crippen LogP contribution in [-0.2, 0) is 4.79 Å².